The predicted octanol–water partition coefficient (Wildman–Crippen LogP) is 5.88. The molecular formula is C21H35NO3. The van der Waals surface area contributed by atoms with E-state index in [2.05, 4.69) is 12.2 Å². The lowest BCUT2D eigenvalue weighted by molar-refractivity contribution is -0.116. The molecule has 3 N–H and O–H groups in total. The van der Waals surface area contributed by atoms with Crippen LogP contribution in [-0.4, -0.2) is 16.1 Å². The molecule has 0 atom stereocenters. The number of anilines is 1. The van der Waals surface area contributed by atoms with Gasteiger partial charge in [-0.3, -0.25) is 4.79 Å². The van der Waals surface area contributed by atoms with Crippen LogP contribution in [0.15, 0.2) is 0 Å². The van der Waals surface area contributed by atoms with Gasteiger partial charge in [0.25, 0.3) is 0 Å². The molecule has 1 rings (SSSR count). The Morgan fingerprint density at radius 2 is 1.24 bits per heavy atom. The first kappa shape index (κ1) is 21.3. The van der Waals surface area contributed by atoms with Crippen LogP contribution in [0, 0.1) is 20.8 Å². The van der Waals surface area contributed by atoms with Crippen molar-refractivity contribution in [3.8, 4) is 11.5 Å². The molecular weight excluding hydrogens is 314 g/mol. The Morgan fingerprint density at radius 1 is 0.760 bits per heavy atom. The number of hydrogen-bond acceptors (Lipinski definition) is 3. The second-order valence-electron chi connectivity index (χ2n) is 7.07. The van der Waals surface area contributed by atoms with Crippen LogP contribution in [0.4, 0.5) is 5.69 Å². The second kappa shape index (κ2) is 11.0. The number of carbonyl (C=O) groups excluding carboxylic acids is 1. The number of amides is 1. The number of hydrogen-bond donors (Lipinski definition) is 3. The van der Waals surface area contributed by atoms with Crippen LogP contribution in [0.2, 0.25) is 0 Å². The molecule has 0 unspecified atom stereocenters. The molecule has 0 fully saturated rings. The molecule has 25 heavy (non-hydrogen) atoms. The average molecular weight is 350 g/mol. The van der Waals surface area contributed by atoms with Crippen molar-refractivity contribution in [2.45, 2.75) is 91.9 Å². The van der Waals surface area contributed by atoms with E-state index < -0.39 is 0 Å². The summed E-state index contributed by atoms with van der Waals surface area (Å²) in [5.41, 5.74) is 2.09. The van der Waals surface area contributed by atoms with Crippen molar-refractivity contribution in [1.29, 1.82) is 0 Å². The Morgan fingerprint density at radius 3 is 1.80 bits per heavy atom. The van der Waals surface area contributed by atoms with Crippen molar-refractivity contribution >= 4 is 11.6 Å². The normalized spacial score (nSPS) is 10.9. The maximum atomic E-state index is 12.1. The number of benzene rings is 1. The van der Waals surface area contributed by atoms with Crippen LogP contribution in [0.25, 0.3) is 0 Å². The van der Waals surface area contributed by atoms with E-state index in [0.29, 0.717) is 28.8 Å². The van der Waals surface area contributed by atoms with Gasteiger partial charge in [0, 0.05) is 12.0 Å². The molecule has 142 valence electrons. The zero-order valence-corrected chi connectivity index (χ0v) is 16.4. The molecule has 0 saturated carbocycles. The highest BCUT2D eigenvalue weighted by atomic mass is 16.3. The van der Waals surface area contributed by atoms with Crippen molar-refractivity contribution in [1.82, 2.24) is 0 Å². The SMILES string of the molecule is CCCCCCCCCCCC(=O)Nc1c(C)c(O)c(C)c(C)c1O. The van der Waals surface area contributed by atoms with E-state index in [-0.39, 0.29) is 17.4 Å². The summed E-state index contributed by atoms with van der Waals surface area (Å²) >= 11 is 0. The third-order valence-corrected chi connectivity index (χ3v) is 5.01. The van der Waals surface area contributed by atoms with E-state index in [1.165, 1.54) is 44.9 Å². The Hall–Kier alpha value is -1.71. The van der Waals surface area contributed by atoms with Crippen LogP contribution in [-0.2, 0) is 4.79 Å². The van der Waals surface area contributed by atoms with E-state index in [0.717, 1.165) is 12.8 Å². The zero-order valence-electron chi connectivity index (χ0n) is 16.4. The van der Waals surface area contributed by atoms with Gasteiger partial charge in [-0.1, -0.05) is 58.3 Å². The largest absolute Gasteiger partial charge is 0.507 e. The molecule has 0 spiro atoms. The van der Waals surface area contributed by atoms with Gasteiger partial charge in [-0.25, -0.2) is 0 Å². The van der Waals surface area contributed by atoms with Gasteiger partial charge in [-0.15, -0.1) is 0 Å². The van der Waals surface area contributed by atoms with Crippen LogP contribution in [0.3, 0.4) is 0 Å². The maximum Gasteiger partial charge on any atom is 0.224 e. The minimum atomic E-state index is -0.107. The Labute approximate surface area is 152 Å². The zero-order chi connectivity index (χ0) is 18.8. The lowest BCUT2D eigenvalue weighted by atomic mass is 10.0. The molecule has 0 radical (unpaired) electrons. The van der Waals surface area contributed by atoms with Gasteiger partial charge in [-0.05, 0) is 38.3 Å². The smallest absolute Gasteiger partial charge is 0.224 e. The van der Waals surface area contributed by atoms with Gasteiger partial charge in [-0.2, -0.15) is 0 Å². The summed E-state index contributed by atoms with van der Waals surface area (Å²) in [6, 6.07) is 0. The van der Waals surface area contributed by atoms with Gasteiger partial charge >= 0.3 is 0 Å². The molecule has 0 aliphatic heterocycles. The molecule has 0 aliphatic carbocycles. The highest BCUT2D eigenvalue weighted by Gasteiger charge is 2.17. The maximum absolute atomic E-state index is 12.1. The molecule has 0 heterocycles. The fraction of sp³-hybridized carbons (Fsp3) is 0.667. The molecule has 1 amide bonds. The minimum absolute atomic E-state index is 0.0493. The van der Waals surface area contributed by atoms with E-state index in [4.69, 9.17) is 0 Å². The van der Waals surface area contributed by atoms with Crippen molar-refractivity contribution in [3.63, 3.8) is 0 Å². The molecule has 1 aromatic rings. The topological polar surface area (TPSA) is 69.6 Å². The van der Waals surface area contributed by atoms with Crippen LogP contribution in [0.1, 0.15) is 87.8 Å². The third-order valence-electron chi connectivity index (χ3n) is 5.01. The number of aromatic hydroxyl groups is 2. The van der Waals surface area contributed by atoms with Crippen molar-refractivity contribution in [2.24, 2.45) is 0 Å². The van der Waals surface area contributed by atoms with Crippen LogP contribution in [0.5, 0.6) is 11.5 Å². The number of phenols is 2. The monoisotopic (exact) mass is 349 g/mol. The number of carbonyl (C=O) groups is 1. The van der Waals surface area contributed by atoms with Crippen molar-refractivity contribution in [2.75, 3.05) is 5.32 Å². The van der Waals surface area contributed by atoms with Crippen molar-refractivity contribution in [3.05, 3.63) is 16.7 Å². The molecule has 0 saturated heterocycles. The molecule has 1 aromatic carbocycles. The Kier molecular flexibility index (Phi) is 9.40. The summed E-state index contributed by atoms with van der Waals surface area (Å²) < 4.78 is 0. The van der Waals surface area contributed by atoms with E-state index in [1.807, 2.05) is 0 Å². The summed E-state index contributed by atoms with van der Waals surface area (Å²) in [6.45, 7) is 7.42. The second-order valence-corrected chi connectivity index (χ2v) is 7.07. The molecule has 4 nitrogen and oxygen atoms in total. The summed E-state index contributed by atoms with van der Waals surface area (Å²) in [5, 5.41) is 23.1. The number of unbranched alkanes of at least 4 members (excludes halogenated alkanes) is 8. The first-order valence-electron chi connectivity index (χ1n) is 9.71. The van der Waals surface area contributed by atoms with E-state index >= 15 is 0 Å². The lowest BCUT2D eigenvalue weighted by Crippen LogP contribution is -2.13. The van der Waals surface area contributed by atoms with E-state index in [1.54, 1.807) is 20.8 Å². The fourth-order valence-corrected chi connectivity index (χ4v) is 3.07. The first-order valence-corrected chi connectivity index (χ1v) is 9.71. The number of rotatable bonds is 11. The highest BCUT2D eigenvalue weighted by Crippen LogP contribution is 2.40. The summed E-state index contributed by atoms with van der Waals surface area (Å²) in [5.74, 6) is 0.0749. The standard InChI is InChI=1S/C21H35NO3/c1-5-6-7-8-9-10-11-12-13-14-18(23)22-19-17(4)20(24)15(2)16(3)21(19)25/h24-25H,5-14H2,1-4H3,(H,22,23). The van der Waals surface area contributed by atoms with Gasteiger partial charge in [0.1, 0.15) is 11.5 Å². The molecule has 0 bridgehead atoms. The Balaban J connectivity index is 2.34. The van der Waals surface area contributed by atoms with Crippen molar-refractivity contribution < 1.29 is 15.0 Å². The molecule has 0 aliphatic rings. The summed E-state index contributed by atoms with van der Waals surface area (Å²) in [6.07, 6.45) is 11.4. The number of nitrogens with one attached hydrogen (secondary N) is 1. The quantitative estimate of drug-likeness (QED) is 0.265. The van der Waals surface area contributed by atoms with Crippen LogP contribution < -0.4 is 5.32 Å². The summed E-state index contributed by atoms with van der Waals surface area (Å²) in [7, 11) is 0. The lowest BCUT2D eigenvalue weighted by Gasteiger charge is -2.16. The first-order chi connectivity index (χ1) is 11.9. The number of phenolic OH excluding ortho intramolecular Hbond substituents is 2. The third kappa shape index (κ3) is 6.60. The van der Waals surface area contributed by atoms with Gasteiger partial charge in [0.05, 0.1) is 5.69 Å². The van der Waals surface area contributed by atoms with Gasteiger partial charge in [0.2, 0.25) is 5.91 Å². The highest BCUT2D eigenvalue weighted by molar-refractivity contribution is 5.94. The van der Waals surface area contributed by atoms with Gasteiger partial charge < -0.3 is 15.5 Å². The van der Waals surface area contributed by atoms with E-state index in [9.17, 15) is 15.0 Å². The minimum Gasteiger partial charge on any atom is -0.507 e. The fourth-order valence-electron chi connectivity index (χ4n) is 3.07. The van der Waals surface area contributed by atoms with Gasteiger partial charge in [0.15, 0.2) is 0 Å². The van der Waals surface area contributed by atoms with Crippen LogP contribution >= 0.6 is 0 Å². The average Bonchev–Trinajstić information content (AvgIpc) is 2.60. The molecule has 0 aromatic heterocycles. The molecule has 4 heteroatoms. The predicted molar refractivity (Wildman–Crippen MR) is 104 cm³/mol. The Bertz CT molecular complexity index is 538. The summed E-state index contributed by atoms with van der Waals surface area (Å²) in [4.78, 5) is 12.1.